The molecule has 0 saturated carbocycles. The van der Waals surface area contributed by atoms with Crippen molar-refractivity contribution in [2.45, 2.75) is 6.54 Å². The van der Waals surface area contributed by atoms with Crippen molar-refractivity contribution in [3.8, 4) is 11.5 Å². The molecule has 0 unspecified atom stereocenters. The van der Waals surface area contributed by atoms with Crippen LogP contribution in [0.4, 0.5) is 17.2 Å². The van der Waals surface area contributed by atoms with E-state index in [1.54, 1.807) is 23.8 Å². The highest BCUT2D eigenvalue weighted by Crippen LogP contribution is 2.28. The van der Waals surface area contributed by atoms with Gasteiger partial charge in [-0.1, -0.05) is 17.7 Å². The average molecular weight is 397 g/mol. The SMILES string of the molecule is COc1ccc(NCc2nnc3ccc(Nc4cccc(Cl)c4)nn23)c(O)c1. The maximum atomic E-state index is 10.1. The number of phenols is 1. The molecule has 28 heavy (non-hydrogen) atoms. The van der Waals surface area contributed by atoms with Gasteiger partial charge in [0.2, 0.25) is 0 Å². The van der Waals surface area contributed by atoms with Gasteiger partial charge in [-0.3, -0.25) is 0 Å². The second kappa shape index (κ2) is 7.61. The summed E-state index contributed by atoms with van der Waals surface area (Å²) in [4.78, 5) is 0. The van der Waals surface area contributed by atoms with Crippen LogP contribution < -0.4 is 15.4 Å². The molecule has 4 rings (SSSR count). The van der Waals surface area contributed by atoms with Gasteiger partial charge in [0.05, 0.1) is 19.3 Å². The number of ether oxygens (including phenoxy) is 1. The maximum absolute atomic E-state index is 10.1. The first kappa shape index (κ1) is 17.9. The Morgan fingerprint density at radius 1 is 1.11 bits per heavy atom. The Hall–Kier alpha value is -3.52. The molecule has 0 aliphatic carbocycles. The molecule has 8 nitrogen and oxygen atoms in total. The molecule has 142 valence electrons. The Balaban J connectivity index is 1.54. The highest BCUT2D eigenvalue weighted by molar-refractivity contribution is 6.30. The Labute approximate surface area is 165 Å². The van der Waals surface area contributed by atoms with Gasteiger partial charge < -0.3 is 20.5 Å². The van der Waals surface area contributed by atoms with E-state index in [0.29, 0.717) is 40.3 Å². The minimum atomic E-state index is 0.0874. The minimum Gasteiger partial charge on any atom is -0.506 e. The molecule has 0 amide bonds. The molecule has 2 aromatic heterocycles. The molecule has 4 aromatic rings. The highest BCUT2D eigenvalue weighted by Gasteiger charge is 2.10. The second-order valence-corrected chi connectivity index (χ2v) is 6.41. The molecule has 0 spiro atoms. The van der Waals surface area contributed by atoms with Crippen LogP contribution in [0, 0.1) is 0 Å². The lowest BCUT2D eigenvalue weighted by Gasteiger charge is -2.09. The summed E-state index contributed by atoms with van der Waals surface area (Å²) >= 11 is 6.02. The van der Waals surface area contributed by atoms with Crippen LogP contribution in [-0.4, -0.2) is 32.0 Å². The zero-order valence-electron chi connectivity index (χ0n) is 14.9. The number of nitrogens with one attached hydrogen (secondary N) is 2. The molecule has 2 heterocycles. The summed E-state index contributed by atoms with van der Waals surface area (Å²) in [6, 6.07) is 16.0. The van der Waals surface area contributed by atoms with Crippen LogP contribution in [0.2, 0.25) is 5.02 Å². The number of fused-ring (bicyclic) bond motifs is 1. The zero-order valence-corrected chi connectivity index (χ0v) is 15.7. The number of nitrogens with zero attached hydrogens (tertiary/aromatic N) is 4. The fourth-order valence-electron chi connectivity index (χ4n) is 2.69. The first-order valence-electron chi connectivity index (χ1n) is 8.47. The number of rotatable bonds is 6. The summed E-state index contributed by atoms with van der Waals surface area (Å²) in [5.74, 6) is 1.89. The molecule has 3 N–H and O–H groups in total. The molecule has 9 heteroatoms. The van der Waals surface area contributed by atoms with Crippen LogP contribution in [0.1, 0.15) is 5.82 Å². The van der Waals surface area contributed by atoms with Crippen LogP contribution in [0.25, 0.3) is 5.65 Å². The predicted molar refractivity (Wildman–Crippen MR) is 108 cm³/mol. The van der Waals surface area contributed by atoms with Crippen LogP contribution in [0.3, 0.4) is 0 Å². The number of hydrogen-bond acceptors (Lipinski definition) is 7. The fourth-order valence-corrected chi connectivity index (χ4v) is 2.88. The molecular weight excluding hydrogens is 380 g/mol. The first-order valence-corrected chi connectivity index (χ1v) is 8.85. The summed E-state index contributed by atoms with van der Waals surface area (Å²) in [7, 11) is 1.55. The van der Waals surface area contributed by atoms with Crippen LogP contribution >= 0.6 is 11.6 Å². The van der Waals surface area contributed by atoms with Crippen molar-refractivity contribution in [3.63, 3.8) is 0 Å². The number of aromatic nitrogens is 4. The van der Waals surface area contributed by atoms with Crippen molar-refractivity contribution < 1.29 is 9.84 Å². The molecule has 0 aliphatic heterocycles. The van der Waals surface area contributed by atoms with Crippen molar-refractivity contribution in [2.75, 3.05) is 17.7 Å². The van der Waals surface area contributed by atoms with Gasteiger partial charge in [0.25, 0.3) is 0 Å². The number of hydrogen-bond donors (Lipinski definition) is 3. The number of phenolic OH excluding ortho intramolecular Hbond substituents is 1. The number of anilines is 3. The lowest BCUT2D eigenvalue weighted by atomic mass is 10.2. The zero-order chi connectivity index (χ0) is 19.5. The third-order valence-corrected chi connectivity index (χ3v) is 4.30. The molecule has 0 radical (unpaired) electrons. The van der Waals surface area contributed by atoms with Gasteiger partial charge >= 0.3 is 0 Å². The molecule has 0 bridgehead atoms. The van der Waals surface area contributed by atoms with Gasteiger partial charge in [-0.25, -0.2) is 0 Å². The van der Waals surface area contributed by atoms with Gasteiger partial charge in [-0.05, 0) is 42.5 Å². The van der Waals surface area contributed by atoms with Gasteiger partial charge in [-0.2, -0.15) is 4.52 Å². The summed E-state index contributed by atoms with van der Waals surface area (Å²) < 4.78 is 6.73. The van der Waals surface area contributed by atoms with Crippen molar-refractivity contribution in [3.05, 3.63) is 65.4 Å². The number of halogens is 1. The third kappa shape index (κ3) is 3.77. The minimum absolute atomic E-state index is 0.0874. The fraction of sp³-hybridized carbons (Fsp3) is 0.105. The summed E-state index contributed by atoms with van der Waals surface area (Å²) in [5, 5.41) is 29.9. The van der Waals surface area contributed by atoms with E-state index in [4.69, 9.17) is 16.3 Å². The van der Waals surface area contributed by atoms with Gasteiger partial charge in [0, 0.05) is 16.8 Å². The average Bonchev–Trinajstić information content (AvgIpc) is 3.09. The van der Waals surface area contributed by atoms with Crippen molar-refractivity contribution in [1.29, 1.82) is 0 Å². The van der Waals surface area contributed by atoms with Crippen molar-refractivity contribution in [1.82, 2.24) is 19.8 Å². The third-order valence-electron chi connectivity index (χ3n) is 4.07. The summed E-state index contributed by atoms with van der Waals surface area (Å²) in [6.45, 7) is 0.328. The molecule has 2 aromatic carbocycles. The van der Waals surface area contributed by atoms with E-state index < -0.39 is 0 Å². The molecular formula is C19H17ClN6O2. The van der Waals surface area contributed by atoms with Crippen LogP contribution in [0.5, 0.6) is 11.5 Å². The lowest BCUT2D eigenvalue weighted by Crippen LogP contribution is -2.07. The smallest absolute Gasteiger partial charge is 0.178 e. The number of aromatic hydroxyl groups is 1. The standard InChI is InChI=1S/C19H17ClN6O2/c1-28-14-5-6-15(16(27)10-14)21-11-19-24-23-18-8-7-17(25-26(18)19)22-13-4-2-3-12(20)9-13/h2-10,21,27H,11H2,1H3,(H,22,25). The second-order valence-electron chi connectivity index (χ2n) is 5.98. The molecule has 0 saturated heterocycles. The first-order chi connectivity index (χ1) is 13.6. The van der Waals surface area contributed by atoms with Crippen molar-refractivity contribution in [2.24, 2.45) is 0 Å². The molecule has 0 aliphatic rings. The number of benzene rings is 2. The monoisotopic (exact) mass is 396 g/mol. The van der Waals surface area contributed by atoms with E-state index in [9.17, 15) is 5.11 Å². The summed E-state index contributed by atoms with van der Waals surface area (Å²) in [6.07, 6.45) is 0. The molecule has 0 atom stereocenters. The normalized spacial score (nSPS) is 10.8. The topological polar surface area (TPSA) is 96.6 Å². The quantitative estimate of drug-likeness (QED) is 0.426. The lowest BCUT2D eigenvalue weighted by molar-refractivity contribution is 0.408. The molecule has 0 fully saturated rings. The Bertz CT molecular complexity index is 1130. The Kier molecular flexibility index (Phi) is 4.86. The van der Waals surface area contributed by atoms with E-state index in [0.717, 1.165) is 5.69 Å². The van der Waals surface area contributed by atoms with E-state index in [-0.39, 0.29) is 5.75 Å². The van der Waals surface area contributed by atoms with Crippen molar-refractivity contribution >= 4 is 34.4 Å². The van der Waals surface area contributed by atoms with E-state index >= 15 is 0 Å². The van der Waals surface area contributed by atoms with Gasteiger partial charge in [0.15, 0.2) is 17.3 Å². The van der Waals surface area contributed by atoms with E-state index in [1.807, 2.05) is 36.4 Å². The van der Waals surface area contributed by atoms with Gasteiger partial charge in [0.1, 0.15) is 11.5 Å². The van der Waals surface area contributed by atoms with E-state index in [2.05, 4.69) is 25.9 Å². The largest absolute Gasteiger partial charge is 0.506 e. The van der Waals surface area contributed by atoms with Crippen LogP contribution in [0.15, 0.2) is 54.6 Å². The highest BCUT2D eigenvalue weighted by atomic mass is 35.5. The summed E-state index contributed by atoms with van der Waals surface area (Å²) in [5.41, 5.74) is 2.01. The van der Waals surface area contributed by atoms with E-state index in [1.165, 1.54) is 6.07 Å². The van der Waals surface area contributed by atoms with Crippen LogP contribution in [-0.2, 0) is 6.54 Å². The maximum Gasteiger partial charge on any atom is 0.178 e. The predicted octanol–water partition coefficient (Wildman–Crippen LogP) is 3.85. The van der Waals surface area contributed by atoms with Gasteiger partial charge in [-0.15, -0.1) is 15.3 Å². The Morgan fingerprint density at radius 2 is 2.00 bits per heavy atom. The Morgan fingerprint density at radius 3 is 2.79 bits per heavy atom. The number of methoxy groups -OCH3 is 1.